The summed E-state index contributed by atoms with van der Waals surface area (Å²) in [6, 6.07) is 28.3. The Morgan fingerprint density at radius 3 is 2.12 bits per heavy atom. The van der Waals surface area contributed by atoms with Gasteiger partial charge in [0.2, 0.25) is 0 Å². The van der Waals surface area contributed by atoms with E-state index in [4.69, 9.17) is 4.74 Å². The number of carbonyl (C=O) groups excluding carboxylic acids is 1. The molecule has 0 bridgehead atoms. The third-order valence-corrected chi connectivity index (χ3v) is 6.35. The molecule has 0 aliphatic heterocycles. The maximum absolute atomic E-state index is 12.6. The van der Waals surface area contributed by atoms with Crippen molar-refractivity contribution in [3.8, 4) is 16.9 Å². The Hall–Kier alpha value is -4.17. The minimum absolute atomic E-state index is 0.0546. The number of nitrogens with one attached hydrogen (secondary N) is 2. The predicted octanol–water partition coefficient (Wildman–Crippen LogP) is 4.96. The molecule has 1 atom stereocenters. The smallest absolute Gasteiger partial charge is 0.265 e. The van der Waals surface area contributed by atoms with E-state index < -0.39 is 16.1 Å². The normalized spacial score (nSPS) is 11.9. The van der Waals surface area contributed by atoms with Gasteiger partial charge < -0.3 is 10.1 Å². The van der Waals surface area contributed by atoms with Crippen molar-refractivity contribution in [3.05, 3.63) is 103 Å². The van der Waals surface area contributed by atoms with Gasteiger partial charge in [-0.15, -0.1) is 0 Å². The van der Waals surface area contributed by atoms with Crippen LogP contribution in [0.3, 0.4) is 0 Å². The van der Waals surface area contributed by atoms with Crippen LogP contribution in [0.15, 0.2) is 108 Å². The Bertz CT molecular complexity index is 1340. The standard InChI is InChI=1S/C26H23N3O4S/c1-19(33-23-14-10-21(11-15-23)20-7-3-2-4-8-20)26(30)28-22-12-16-24(17-13-22)34(31,32)29-25-9-5-6-18-27-25/h2-19H,1H3,(H,27,29)(H,28,30)/t19-/m0/s1. The second-order valence-electron chi connectivity index (χ2n) is 7.48. The molecule has 3 aromatic carbocycles. The highest BCUT2D eigenvalue weighted by molar-refractivity contribution is 7.92. The van der Waals surface area contributed by atoms with E-state index in [1.165, 1.54) is 30.5 Å². The monoisotopic (exact) mass is 473 g/mol. The first kappa shape index (κ1) is 23.0. The van der Waals surface area contributed by atoms with E-state index in [1.54, 1.807) is 25.1 Å². The van der Waals surface area contributed by atoms with E-state index in [9.17, 15) is 13.2 Å². The Balaban J connectivity index is 1.35. The molecule has 0 aliphatic rings. The number of hydrogen-bond acceptors (Lipinski definition) is 5. The lowest BCUT2D eigenvalue weighted by molar-refractivity contribution is -0.122. The number of benzene rings is 3. The van der Waals surface area contributed by atoms with E-state index >= 15 is 0 Å². The van der Waals surface area contributed by atoms with Gasteiger partial charge in [0.25, 0.3) is 15.9 Å². The number of hydrogen-bond donors (Lipinski definition) is 2. The summed E-state index contributed by atoms with van der Waals surface area (Å²) in [5.41, 5.74) is 2.61. The summed E-state index contributed by atoms with van der Waals surface area (Å²) in [5.74, 6) is 0.446. The molecule has 0 aliphatic carbocycles. The lowest BCUT2D eigenvalue weighted by atomic mass is 10.1. The average Bonchev–Trinajstić information content (AvgIpc) is 2.86. The van der Waals surface area contributed by atoms with Gasteiger partial charge >= 0.3 is 0 Å². The highest BCUT2D eigenvalue weighted by Gasteiger charge is 2.17. The SMILES string of the molecule is C[C@H](Oc1ccc(-c2ccccc2)cc1)C(=O)Nc1ccc(S(=O)(=O)Nc2ccccn2)cc1. The second-order valence-corrected chi connectivity index (χ2v) is 9.17. The van der Waals surface area contributed by atoms with Gasteiger partial charge in [-0.3, -0.25) is 9.52 Å². The van der Waals surface area contributed by atoms with Crippen LogP contribution in [0.5, 0.6) is 5.75 Å². The molecule has 4 rings (SSSR count). The Kier molecular flexibility index (Phi) is 6.89. The summed E-state index contributed by atoms with van der Waals surface area (Å²) in [5, 5.41) is 2.74. The Labute approximate surface area is 198 Å². The third kappa shape index (κ3) is 5.79. The quantitative estimate of drug-likeness (QED) is 0.377. The fraction of sp³-hybridized carbons (Fsp3) is 0.0769. The average molecular weight is 474 g/mol. The number of carbonyl (C=O) groups is 1. The van der Waals surface area contributed by atoms with Crippen molar-refractivity contribution in [3.63, 3.8) is 0 Å². The van der Waals surface area contributed by atoms with Crippen LogP contribution in [0.4, 0.5) is 11.5 Å². The Morgan fingerprint density at radius 1 is 0.824 bits per heavy atom. The van der Waals surface area contributed by atoms with Crippen molar-refractivity contribution >= 4 is 27.4 Å². The first-order chi connectivity index (χ1) is 16.4. The van der Waals surface area contributed by atoms with Gasteiger partial charge in [0, 0.05) is 11.9 Å². The van der Waals surface area contributed by atoms with Crippen LogP contribution in [0.2, 0.25) is 0 Å². The summed E-state index contributed by atoms with van der Waals surface area (Å²) in [6.07, 6.45) is 0.744. The summed E-state index contributed by atoms with van der Waals surface area (Å²) in [7, 11) is -3.79. The van der Waals surface area contributed by atoms with E-state index in [0.717, 1.165) is 11.1 Å². The number of amides is 1. The van der Waals surface area contributed by atoms with E-state index in [-0.39, 0.29) is 16.6 Å². The van der Waals surface area contributed by atoms with E-state index in [1.807, 2.05) is 54.6 Å². The lowest BCUT2D eigenvalue weighted by Crippen LogP contribution is -2.30. The topological polar surface area (TPSA) is 97.4 Å². The van der Waals surface area contributed by atoms with Crippen LogP contribution in [0, 0.1) is 0 Å². The summed E-state index contributed by atoms with van der Waals surface area (Å²) >= 11 is 0. The van der Waals surface area contributed by atoms with Gasteiger partial charge in [-0.2, -0.15) is 0 Å². The number of pyridine rings is 1. The van der Waals surface area contributed by atoms with Crippen LogP contribution < -0.4 is 14.8 Å². The number of nitrogens with zero attached hydrogens (tertiary/aromatic N) is 1. The summed E-state index contributed by atoms with van der Waals surface area (Å²) in [4.78, 5) is 16.6. The molecule has 0 unspecified atom stereocenters. The van der Waals surface area contributed by atoms with Crippen molar-refractivity contribution < 1.29 is 17.9 Å². The minimum Gasteiger partial charge on any atom is -0.481 e. The van der Waals surface area contributed by atoms with Crippen molar-refractivity contribution in [2.75, 3.05) is 10.0 Å². The van der Waals surface area contributed by atoms with Gasteiger partial charge in [-0.25, -0.2) is 13.4 Å². The number of ether oxygens (including phenoxy) is 1. The summed E-state index contributed by atoms with van der Waals surface area (Å²) < 4.78 is 33.2. The molecule has 1 amide bonds. The van der Waals surface area contributed by atoms with Crippen LogP contribution in [-0.2, 0) is 14.8 Å². The molecule has 4 aromatic rings. The number of anilines is 2. The molecule has 0 radical (unpaired) electrons. The fourth-order valence-corrected chi connectivity index (χ4v) is 4.20. The highest BCUT2D eigenvalue weighted by atomic mass is 32.2. The highest BCUT2D eigenvalue weighted by Crippen LogP contribution is 2.23. The fourth-order valence-electron chi connectivity index (χ4n) is 3.20. The largest absolute Gasteiger partial charge is 0.481 e. The van der Waals surface area contributed by atoms with E-state index in [2.05, 4.69) is 15.0 Å². The van der Waals surface area contributed by atoms with Crippen molar-refractivity contribution in [2.24, 2.45) is 0 Å². The molecule has 0 fully saturated rings. The molecule has 0 saturated carbocycles. The van der Waals surface area contributed by atoms with Gasteiger partial charge in [-0.05, 0) is 66.6 Å². The van der Waals surface area contributed by atoms with Crippen molar-refractivity contribution in [1.82, 2.24) is 4.98 Å². The van der Waals surface area contributed by atoms with Crippen LogP contribution in [0.25, 0.3) is 11.1 Å². The lowest BCUT2D eigenvalue weighted by Gasteiger charge is -2.15. The Morgan fingerprint density at radius 2 is 1.47 bits per heavy atom. The van der Waals surface area contributed by atoms with Crippen molar-refractivity contribution in [1.29, 1.82) is 0 Å². The molecular weight excluding hydrogens is 450 g/mol. The zero-order valence-electron chi connectivity index (χ0n) is 18.4. The van der Waals surface area contributed by atoms with Crippen molar-refractivity contribution in [2.45, 2.75) is 17.9 Å². The maximum Gasteiger partial charge on any atom is 0.265 e. The molecular formula is C26H23N3O4S. The zero-order valence-corrected chi connectivity index (χ0v) is 19.2. The van der Waals surface area contributed by atoms with Gasteiger partial charge in [0.1, 0.15) is 11.6 Å². The second kappa shape index (κ2) is 10.2. The predicted molar refractivity (Wildman–Crippen MR) is 132 cm³/mol. The number of sulfonamides is 1. The molecule has 1 aromatic heterocycles. The third-order valence-electron chi connectivity index (χ3n) is 4.98. The number of aromatic nitrogens is 1. The molecule has 0 saturated heterocycles. The molecule has 0 spiro atoms. The first-order valence-corrected chi connectivity index (χ1v) is 12.1. The molecule has 172 valence electrons. The number of rotatable bonds is 8. The summed E-state index contributed by atoms with van der Waals surface area (Å²) in [6.45, 7) is 1.65. The van der Waals surface area contributed by atoms with Gasteiger partial charge in [0.05, 0.1) is 4.90 Å². The van der Waals surface area contributed by atoms with Gasteiger partial charge in [0.15, 0.2) is 6.10 Å². The van der Waals surface area contributed by atoms with Gasteiger partial charge in [-0.1, -0.05) is 48.5 Å². The molecule has 8 heteroatoms. The van der Waals surface area contributed by atoms with Crippen LogP contribution in [-0.4, -0.2) is 25.4 Å². The zero-order chi connectivity index (χ0) is 24.0. The molecule has 7 nitrogen and oxygen atoms in total. The first-order valence-electron chi connectivity index (χ1n) is 10.6. The molecule has 34 heavy (non-hydrogen) atoms. The maximum atomic E-state index is 12.6. The van der Waals surface area contributed by atoms with E-state index in [0.29, 0.717) is 11.4 Å². The van der Waals surface area contributed by atoms with Crippen LogP contribution in [0.1, 0.15) is 6.92 Å². The molecule has 2 N–H and O–H groups in total. The minimum atomic E-state index is -3.79. The molecule has 1 heterocycles. The van der Waals surface area contributed by atoms with Crippen LogP contribution >= 0.6 is 0 Å².